The zero-order chi connectivity index (χ0) is 13.2. The van der Waals surface area contributed by atoms with Gasteiger partial charge in [-0.15, -0.1) is 0 Å². The van der Waals surface area contributed by atoms with Gasteiger partial charge in [0.2, 0.25) is 5.91 Å². The van der Waals surface area contributed by atoms with Crippen molar-refractivity contribution in [1.82, 2.24) is 10.6 Å². The average molecular weight is 242 g/mol. The number of nitrogens with one attached hydrogen (secondary N) is 2. The van der Waals surface area contributed by atoms with Crippen LogP contribution in [0.1, 0.15) is 27.7 Å². The SMILES string of the molecule is C[C@@H]1CNC[C@H]1C(=O)NC(C(=O)O)C(C)(C)C. The first-order chi connectivity index (χ1) is 7.73. The Hall–Kier alpha value is -1.10. The van der Waals surface area contributed by atoms with Crippen LogP contribution in [0.15, 0.2) is 0 Å². The van der Waals surface area contributed by atoms with E-state index in [9.17, 15) is 9.59 Å². The standard InChI is InChI=1S/C12H22N2O3/c1-7-5-13-6-8(7)10(15)14-9(11(16)17)12(2,3)4/h7-9,13H,5-6H2,1-4H3,(H,14,15)(H,16,17)/t7-,8-,9?/m1/s1. The van der Waals surface area contributed by atoms with Crippen LogP contribution in [0.2, 0.25) is 0 Å². The summed E-state index contributed by atoms with van der Waals surface area (Å²) in [7, 11) is 0. The van der Waals surface area contributed by atoms with Crippen LogP contribution in [0.25, 0.3) is 0 Å². The molecule has 0 radical (unpaired) electrons. The highest BCUT2D eigenvalue weighted by Gasteiger charge is 2.36. The molecular formula is C12H22N2O3. The van der Waals surface area contributed by atoms with Gasteiger partial charge in [-0.05, 0) is 17.9 Å². The molecule has 5 nitrogen and oxygen atoms in total. The second-order valence-electron chi connectivity index (χ2n) is 5.89. The summed E-state index contributed by atoms with van der Waals surface area (Å²) < 4.78 is 0. The summed E-state index contributed by atoms with van der Waals surface area (Å²) >= 11 is 0. The number of amides is 1. The minimum absolute atomic E-state index is 0.126. The van der Waals surface area contributed by atoms with Crippen molar-refractivity contribution in [2.24, 2.45) is 17.3 Å². The molecule has 0 spiro atoms. The Morgan fingerprint density at radius 2 is 1.94 bits per heavy atom. The first-order valence-corrected chi connectivity index (χ1v) is 5.97. The first-order valence-electron chi connectivity index (χ1n) is 5.97. The predicted molar refractivity (Wildman–Crippen MR) is 64.5 cm³/mol. The number of hydrogen-bond acceptors (Lipinski definition) is 3. The fourth-order valence-corrected chi connectivity index (χ4v) is 2.06. The summed E-state index contributed by atoms with van der Waals surface area (Å²) in [5.74, 6) is -1.02. The van der Waals surface area contributed by atoms with Crippen molar-refractivity contribution in [2.75, 3.05) is 13.1 Å². The maximum atomic E-state index is 12.0. The molecule has 0 aliphatic carbocycles. The third kappa shape index (κ3) is 3.43. The van der Waals surface area contributed by atoms with Crippen LogP contribution in [-0.2, 0) is 9.59 Å². The maximum absolute atomic E-state index is 12.0. The lowest BCUT2D eigenvalue weighted by atomic mass is 9.86. The summed E-state index contributed by atoms with van der Waals surface area (Å²) in [4.78, 5) is 23.2. The Balaban J connectivity index is 2.68. The number of rotatable bonds is 3. The zero-order valence-corrected chi connectivity index (χ0v) is 10.9. The minimum Gasteiger partial charge on any atom is -0.480 e. The van der Waals surface area contributed by atoms with E-state index >= 15 is 0 Å². The molecule has 0 aromatic heterocycles. The maximum Gasteiger partial charge on any atom is 0.326 e. The van der Waals surface area contributed by atoms with Crippen molar-refractivity contribution in [3.63, 3.8) is 0 Å². The van der Waals surface area contributed by atoms with E-state index in [1.165, 1.54) is 0 Å². The van der Waals surface area contributed by atoms with Crippen LogP contribution in [0.4, 0.5) is 0 Å². The molecule has 1 aliphatic heterocycles. The molecule has 0 saturated carbocycles. The van der Waals surface area contributed by atoms with Crippen LogP contribution >= 0.6 is 0 Å². The minimum atomic E-state index is -0.982. The van der Waals surface area contributed by atoms with Gasteiger partial charge in [0.1, 0.15) is 6.04 Å². The van der Waals surface area contributed by atoms with Crippen LogP contribution in [-0.4, -0.2) is 36.1 Å². The number of carboxylic acids is 1. The van der Waals surface area contributed by atoms with Crippen LogP contribution in [0.5, 0.6) is 0 Å². The van der Waals surface area contributed by atoms with Crippen LogP contribution in [0, 0.1) is 17.3 Å². The van der Waals surface area contributed by atoms with Gasteiger partial charge in [0.25, 0.3) is 0 Å². The number of carbonyl (C=O) groups excluding carboxylic acids is 1. The van der Waals surface area contributed by atoms with Crippen LogP contribution in [0.3, 0.4) is 0 Å². The van der Waals surface area contributed by atoms with Crippen molar-refractivity contribution < 1.29 is 14.7 Å². The molecular weight excluding hydrogens is 220 g/mol. The van der Waals surface area contributed by atoms with E-state index in [1.54, 1.807) is 0 Å². The van der Waals surface area contributed by atoms with E-state index in [4.69, 9.17) is 5.11 Å². The Bertz CT molecular complexity index is 309. The number of aliphatic carboxylic acids is 1. The third-order valence-corrected chi connectivity index (χ3v) is 3.25. The molecule has 1 saturated heterocycles. The predicted octanol–water partition coefficient (Wildman–Crippen LogP) is 0.457. The number of carboxylic acid groups (broad SMARTS) is 1. The molecule has 17 heavy (non-hydrogen) atoms. The van der Waals surface area contributed by atoms with Gasteiger partial charge >= 0.3 is 5.97 Å². The topological polar surface area (TPSA) is 78.4 Å². The molecule has 1 unspecified atom stereocenters. The second kappa shape index (κ2) is 5.04. The quantitative estimate of drug-likeness (QED) is 0.671. The molecule has 3 atom stereocenters. The van der Waals surface area contributed by atoms with Crippen molar-refractivity contribution in [3.05, 3.63) is 0 Å². The monoisotopic (exact) mass is 242 g/mol. The molecule has 1 aliphatic rings. The van der Waals surface area contributed by atoms with Crippen LogP contribution < -0.4 is 10.6 Å². The summed E-state index contributed by atoms with van der Waals surface area (Å²) in [5.41, 5.74) is -0.489. The smallest absolute Gasteiger partial charge is 0.326 e. The molecule has 0 bridgehead atoms. The van der Waals surface area contributed by atoms with Crippen molar-refractivity contribution in [2.45, 2.75) is 33.7 Å². The van der Waals surface area contributed by atoms with E-state index in [0.717, 1.165) is 6.54 Å². The molecule has 1 heterocycles. The lowest BCUT2D eigenvalue weighted by molar-refractivity contribution is -0.145. The Morgan fingerprint density at radius 1 is 1.35 bits per heavy atom. The van der Waals surface area contributed by atoms with Gasteiger partial charge in [0, 0.05) is 6.54 Å². The molecule has 0 aromatic rings. The van der Waals surface area contributed by atoms with Gasteiger partial charge < -0.3 is 15.7 Å². The highest BCUT2D eigenvalue weighted by atomic mass is 16.4. The third-order valence-electron chi connectivity index (χ3n) is 3.25. The lowest BCUT2D eigenvalue weighted by Crippen LogP contribution is -2.51. The van der Waals surface area contributed by atoms with E-state index in [0.29, 0.717) is 6.54 Å². The molecule has 98 valence electrons. The van der Waals surface area contributed by atoms with E-state index in [-0.39, 0.29) is 17.7 Å². The molecule has 1 amide bonds. The Labute approximate surface area is 102 Å². The van der Waals surface area contributed by atoms with Crippen molar-refractivity contribution in [1.29, 1.82) is 0 Å². The van der Waals surface area contributed by atoms with E-state index in [2.05, 4.69) is 10.6 Å². The van der Waals surface area contributed by atoms with Gasteiger partial charge in [-0.3, -0.25) is 4.79 Å². The van der Waals surface area contributed by atoms with Gasteiger partial charge in [0.15, 0.2) is 0 Å². The van der Waals surface area contributed by atoms with Gasteiger partial charge in [-0.25, -0.2) is 4.79 Å². The molecule has 1 fully saturated rings. The average Bonchev–Trinajstić information content (AvgIpc) is 2.58. The van der Waals surface area contributed by atoms with Crippen molar-refractivity contribution in [3.8, 4) is 0 Å². The molecule has 3 N–H and O–H groups in total. The zero-order valence-electron chi connectivity index (χ0n) is 10.9. The molecule has 1 rings (SSSR count). The number of carbonyl (C=O) groups is 2. The van der Waals surface area contributed by atoms with E-state index in [1.807, 2.05) is 27.7 Å². The fourth-order valence-electron chi connectivity index (χ4n) is 2.06. The first kappa shape index (κ1) is 14.0. The lowest BCUT2D eigenvalue weighted by Gasteiger charge is -2.29. The van der Waals surface area contributed by atoms with Gasteiger partial charge in [0.05, 0.1) is 5.92 Å². The Kier molecular flexibility index (Phi) is 4.14. The summed E-state index contributed by atoms with van der Waals surface area (Å²) in [6, 6.07) is -0.845. The second-order valence-corrected chi connectivity index (χ2v) is 5.89. The molecule has 5 heteroatoms. The highest BCUT2D eigenvalue weighted by Crippen LogP contribution is 2.22. The summed E-state index contributed by atoms with van der Waals surface area (Å²) in [6.07, 6.45) is 0. The summed E-state index contributed by atoms with van der Waals surface area (Å²) in [6.45, 7) is 8.86. The van der Waals surface area contributed by atoms with Gasteiger partial charge in [-0.2, -0.15) is 0 Å². The largest absolute Gasteiger partial charge is 0.480 e. The Morgan fingerprint density at radius 3 is 2.29 bits per heavy atom. The summed E-state index contributed by atoms with van der Waals surface area (Å²) in [5, 5.41) is 14.9. The van der Waals surface area contributed by atoms with E-state index < -0.39 is 17.4 Å². The fraction of sp³-hybridized carbons (Fsp3) is 0.833. The number of hydrogen-bond donors (Lipinski definition) is 3. The highest BCUT2D eigenvalue weighted by molar-refractivity contribution is 5.86. The van der Waals surface area contributed by atoms with Crippen molar-refractivity contribution >= 4 is 11.9 Å². The normalized spacial score (nSPS) is 26.6. The molecule has 0 aromatic carbocycles. The van der Waals surface area contributed by atoms with Gasteiger partial charge in [-0.1, -0.05) is 27.7 Å².